The van der Waals surface area contributed by atoms with Crippen LogP contribution in [0.1, 0.15) is 16.1 Å². The number of rotatable bonds is 2. The Morgan fingerprint density at radius 3 is 2.45 bits per heavy atom. The highest BCUT2D eigenvalue weighted by Gasteiger charge is 2.43. The number of benzene rings is 1. The molecule has 0 spiro atoms. The number of carbonyl (C=O) groups is 1. The van der Waals surface area contributed by atoms with Crippen molar-refractivity contribution in [2.45, 2.75) is 6.18 Å². The van der Waals surface area contributed by atoms with E-state index in [2.05, 4.69) is 9.68 Å². The third-order valence-corrected chi connectivity index (χ3v) is 2.37. The molecule has 5 nitrogen and oxygen atoms in total. The van der Waals surface area contributed by atoms with Crippen LogP contribution in [0.15, 0.2) is 22.7 Å². The van der Waals surface area contributed by atoms with E-state index in [0.29, 0.717) is 6.07 Å². The van der Waals surface area contributed by atoms with Gasteiger partial charge >= 0.3 is 12.1 Å². The Morgan fingerprint density at radius 2 is 1.95 bits per heavy atom. The van der Waals surface area contributed by atoms with Crippen molar-refractivity contribution in [3.05, 3.63) is 35.3 Å². The minimum absolute atomic E-state index is 0.470. The molecule has 2 aromatic rings. The second kappa shape index (κ2) is 4.51. The molecule has 0 bridgehead atoms. The monoisotopic (exact) mass is 291 g/mol. The summed E-state index contributed by atoms with van der Waals surface area (Å²) in [7, 11) is 0. The molecule has 1 aromatic carbocycles. The number of halogens is 4. The highest BCUT2D eigenvalue weighted by atomic mass is 19.4. The molecular formula is C11H5F4NO4. The maximum atomic E-state index is 13.6. The van der Waals surface area contributed by atoms with E-state index in [1.807, 2.05) is 0 Å². The molecular weight excluding hydrogens is 286 g/mol. The van der Waals surface area contributed by atoms with Crippen molar-refractivity contribution in [3.8, 4) is 17.0 Å². The number of aromatic hydroxyl groups is 1. The first-order valence-corrected chi connectivity index (χ1v) is 5.01. The molecule has 1 aromatic heterocycles. The van der Waals surface area contributed by atoms with E-state index in [1.54, 1.807) is 0 Å². The fourth-order valence-electron chi connectivity index (χ4n) is 1.56. The van der Waals surface area contributed by atoms with E-state index in [1.165, 1.54) is 0 Å². The number of carboxylic acid groups (broad SMARTS) is 1. The molecule has 2 N–H and O–H groups in total. The number of hydrogen-bond donors (Lipinski definition) is 2. The van der Waals surface area contributed by atoms with Gasteiger partial charge in [0.25, 0.3) is 5.76 Å². The standard InChI is InChI=1S/C11H5F4NO4/c12-6-3-4(17)1-2-5(6)8-7(10(18)19)9(20-16-8)11(13,14)15/h1-3,17H,(H,18,19). The summed E-state index contributed by atoms with van der Waals surface area (Å²) in [6.45, 7) is 0. The van der Waals surface area contributed by atoms with E-state index in [9.17, 15) is 22.4 Å². The number of aromatic carboxylic acids is 1. The first-order valence-electron chi connectivity index (χ1n) is 5.01. The second-order valence-corrected chi connectivity index (χ2v) is 3.70. The summed E-state index contributed by atoms with van der Waals surface area (Å²) in [5.41, 5.74) is -2.62. The van der Waals surface area contributed by atoms with Crippen molar-refractivity contribution in [3.63, 3.8) is 0 Å². The quantitative estimate of drug-likeness (QED) is 0.831. The molecule has 9 heteroatoms. The predicted octanol–water partition coefficient (Wildman–Crippen LogP) is 2.90. The Balaban J connectivity index is 2.69. The van der Waals surface area contributed by atoms with Crippen LogP contribution in [0.4, 0.5) is 17.6 Å². The first-order chi connectivity index (χ1) is 9.21. The third-order valence-electron chi connectivity index (χ3n) is 2.37. The van der Waals surface area contributed by atoms with Crippen molar-refractivity contribution in [1.82, 2.24) is 5.16 Å². The van der Waals surface area contributed by atoms with Gasteiger partial charge < -0.3 is 14.7 Å². The lowest BCUT2D eigenvalue weighted by molar-refractivity contribution is -0.156. The van der Waals surface area contributed by atoms with Gasteiger partial charge in [-0.15, -0.1) is 0 Å². The first kappa shape index (κ1) is 13.8. The maximum Gasteiger partial charge on any atom is 0.453 e. The van der Waals surface area contributed by atoms with Gasteiger partial charge in [0.1, 0.15) is 22.8 Å². The summed E-state index contributed by atoms with van der Waals surface area (Å²) >= 11 is 0. The zero-order chi connectivity index (χ0) is 15.1. The Bertz CT molecular complexity index is 678. The molecule has 0 aliphatic carbocycles. The lowest BCUT2D eigenvalue weighted by Gasteiger charge is -2.03. The van der Waals surface area contributed by atoms with E-state index in [0.717, 1.165) is 12.1 Å². The van der Waals surface area contributed by atoms with Crippen molar-refractivity contribution < 1.29 is 37.1 Å². The van der Waals surface area contributed by atoms with Crippen LogP contribution in [0.5, 0.6) is 5.75 Å². The van der Waals surface area contributed by atoms with Gasteiger partial charge in [-0.3, -0.25) is 0 Å². The fraction of sp³-hybridized carbons (Fsp3) is 0.0909. The van der Waals surface area contributed by atoms with Crippen LogP contribution in [0.2, 0.25) is 0 Å². The molecule has 20 heavy (non-hydrogen) atoms. The van der Waals surface area contributed by atoms with Crippen LogP contribution in [-0.2, 0) is 6.18 Å². The predicted molar refractivity (Wildman–Crippen MR) is 55.5 cm³/mol. The summed E-state index contributed by atoms with van der Waals surface area (Å²) in [6.07, 6.45) is -5.08. The normalized spacial score (nSPS) is 11.6. The van der Waals surface area contributed by atoms with Crippen LogP contribution in [0, 0.1) is 5.82 Å². The topological polar surface area (TPSA) is 83.6 Å². The van der Waals surface area contributed by atoms with E-state index >= 15 is 0 Å². The molecule has 0 aliphatic rings. The SMILES string of the molecule is O=C(O)c1c(-c2ccc(O)cc2F)noc1C(F)(F)F. The summed E-state index contributed by atoms with van der Waals surface area (Å²) in [6, 6.07) is 2.49. The van der Waals surface area contributed by atoms with Crippen LogP contribution < -0.4 is 0 Å². The van der Waals surface area contributed by atoms with Gasteiger partial charge in [-0.1, -0.05) is 5.16 Å². The van der Waals surface area contributed by atoms with Gasteiger partial charge in [-0.25, -0.2) is 9.18 Å². The second-order valence-electron chi connectivity index (χ2n) is 3.70. The van der Waals surface area contributed by atoms with Gasteiger partial charge in [0, 0.05) is 11.6 Å². The Kier molecular flexibility index (Phi) is 3.12. The van der Waals surface area contributed by atoms with Gasteiger partial charge in [0.05, 0.1) is 0 Å². The number of phenolic OH excluding ortho intramolecular Hbond substituents is 1. The van der Waals surface area contributed by atoms with Crippen molar-refractivity contribution >= 4 is 5.97 Å². The Hall–Kier alpha value is -2.58. The Labute approximate surface area is 108 Å². The molecule has 0 fully saturated rings. The molecule has 1 heterocycles. The lowest BCUT2D eigenvalue weighted by Crippen LogP contribution is -2.11. The largest absolute Gasteiger partial charge is 0.508 e. The van der Waals surface area contributed by atoms with Crippen LogP contribution in [0.25, 0.3) is 11.3 Å². The zero-order valence-electron chi connectivity index (χ0n) is 9.40. The minimum Gasteiger partial charge on any atom is -0.508 e. The van der Waals surface area contributed by atoms with Gasteiger partial charge in [-0.05, 0) is 12.1 Å². The fourth-order valence-corrected chi connectivity index (χ4v) is 1.56. The van der Waals surface area contributed by atoms with E-state index in [4.69, 9.17) is 10.2 Å². The number of nitrogens with zero attached hydrogens (tertiary/aromatic N) is 1. The molecule has 0 radical (unpaired) electrons. The van der Waals surface area contributed by atoms with E-state index in [-0.39, 0.29) is 0 Å². The van der Waals surface area contributed by atoms with Gasteiger partial charge in [0.2, 0.25) is 0 Å². The average molecular weight is 291 g/mol. The summed E-state index contributed by atoms with van der Waals surface area (Å²) in [5.74, 6) is -5.38. The van der Waals surface area contributed by atoms with Crippen molar-refractivity contribution in [2.24, 2.45) is 0 Å². The van der Waals surface area contributed by atoms with E-state index < -0.39 is 46.3 Å². The molecule has 0 saturated heterocycles. The average Bonchev–Trinajstić information content (AvgIpc) is 2.72. The van der Waals surface area contributed by atoms with Gasteiger partial charge in [0.15, 0.2) is 0 Å². The van der Waals surface area contributed by atoms with Crippen LogP contribution in [0.3, 0.4) is 0 Å². The Morgan fingerprint density at radius 1 is 1.30 bits per heavy atom. The highest BCUT2D eigenvalue weighted by Crippen LogP contribution is 2.37. The molecule has 0 amide bonds. The van der Waals surface area contributed by atoms with Crippen LogP contribution >= 0.6 is 0 Å². The highest BCUT2D eigenvalue weighted by molar-refractivity contribution is 5.96. The third kappa shape index (κ3) is 2.29. The number of aromatic nitrogens is 1. The molecule has 0 atom stereocenters. The number of carboxylic acids is 1. The van der Waals surface area contributed by atoms with Crippen molar-refractivity contribution in [1.29, 1.82) is 0 Å². The minimum atomic E-state index is -5.08. The molecule has 2 rings (SSSR count). The number of alkyl halides is 3. The van der Waals surface area contributed by atoms with Crippen LogP contribution in [-0.4, -0.2) is 21.3 Å². The van der Waals surface area contributed by atoms with Crippen molar-refractivity contribution in [2.75, 3.05) is 0 Å². The maximum absolute atomic E-state index is 13.6. The molecule has 0 aliphatic heterocycles. The summed E-state index contributed by atoms with van der Waals surface area (Å²) < 4.78 is 55.3. The molecule has 0 unspecified atom stereocenters. The smallest absolute Gasteiger partial charge is 0.453 e. The number of hydrogen-bond acceptors (Lipinski definition) is 4. The molecule has 106 valence electrons. The summed E-state index contributed by atoms with van der Waals surface area (Å²) in [5, 5.41) is 20.8. The lowest BCUT2D eigenvalue weighted by atomic mass is 10.1. The zero-order valence-corrected chi connectivity index (χ0v) is 9.40. The molecule has 0 saturated carbocycles. The van der Waals surface area contributed by atoms with Gasteiger partial charge in [-0.2, -0.15) is 13.2 Å². The number of phenols is 1. The summed E-state index contributed by atoms with van der Waals surface area (Å²) in [4.78, 5) is 10.9.